The molecule has 0 fully saturated rings. The molecule has 0 saturated heterocycles. The summed E-state index contributed by atoms with van der Waals surface area (Å²) in [5.41, 5.74) is 1.67. The summed E-state index contributed by atoms with van der Waals surface area (Å²) in [4.78, 5) is 34.6. The fraction of sp³-hybridized carbons (Fsp3) is 0.444. The Bertz CT molecular complexity index is 653. The number of ether oxygens (including phenoxy) is 2. The summed E-state index contributed by atoms with van der Waals surface area (Å²) in [6, 6.07) is 7.21. The van der Waals surface area contributed by atoms with Crippen molar-refractivity contribution in [2.75, 3.05) is 19.8 Å². The van der Waals surface area contributed by atoms with Crippen molar-refractivity contribution in [1.29, 1.82) is 0 Å². The third kappa shape index (κ3) is 6.63. The largest absolute Gasteiger partial charge is 0.465 e. The molecule has 0 amide bonds. The van der Waals surface area contributed by atoms with Crippen molar-refractivity contribution in [1.82, 2.24) is 0 Å². The Hall–Kier alpha value is -2.88. The molecule has 0 aliphatic rings. The van der Waals surface area contributed by atoms with Crippen molar-refractivity contribution in [3.05, 3.63) is 45.5 Å². The normalized spacial score (nSPS) is 11.2. The van der Waals surface area contributed by atoms with E-state index in [9.17, 15) is 19.7 Å². The molecule has 1 atom stereocenters. The molecule has 1 rings (SSSR count). The molecule has 1 aromatic carbocycles. The first-order valence-corrected chi connectivity index (χ1v) is 7.92. The molecular formula is C18H21NO6. The Labute approximate surface area is 146 Å². The number of aryl methyl sites for hydroxylation is 1. The van der Waals surface area contributed by atoms with Crippen LogP contribution in [0.4, 0.5) is 0 Å². The van der Waals surface area contributed by atoms with Gasteiger partial charge in [0.1, 0.15) is 5.92 Å². The van der Waals surface area contributed by atoms with Crippen molar-refractivity contribution < 1.29 is 24.0 Å². The number of esters is 2. The van der Waals surface area contributed by atoms with Crippen LogP contribution in [0.3, 0.4) is 0 Å². The van der Waals surface area contributed by atoms with E-state index in [4.69, 9.17) is 9.47 Å². The van der Waals surface area contributed by atoms with E-state index in [2.05, 4.69) is 11.8 Å². The van der Waals surface area contributed by atoms with Crippen molar-refractivity contribution in [3.8, 4) is 11.8 Å². The Kier molecular flexibility index (Phi) is 8.13. The second-order valence-corrected chi connectivity index (χ2v) is 5.24. The third-order valence-corrected chi connectivity index (χ3v) is 3.28. The lowest BCUT2D eigenvalue weighted by Gasteiger charge is -2.17. The van der Waals surface area contributed by atoms with Crippen molar-refractivity contribution in [3.63, 3.8) is 0 Å². The lowest BCUT2D eigenvalue weighted by atomic mass is 9.92. The SMILES string of the molecule is CCOC(=O)C(C(=O)OCC)[C@H](C#Cc1ccc(C)cc1)C[N+](=O)[O-]. The highest BCUT2D eigenvalue weighted by Crippen LogP contribution is 2.17. The molecule has 0 aromatic heterocycles. The Morgan fingerprint density at radius 3 is 2.08 bits per heavy atom. The van der Waals surface area contributed by atoms with Crippen LogP contribution in [0.1, 0.15) is 25.0 Å². The van der Waals surface area contributed by atoms with Gasteiger partial charge in [0.2, 0.25) is 6.54 Å². The molecule has 0 aliphatic heterocycles. The van der Waals surface area contributed by atoms with Gasteiger partial charge in [-0.05, 0) is 32.9 Å². The van der Waals surface area contributed by atoms with Gasteiger partial charge in [-0.2, -0.15) is 0 Å². The van der Waals surface area contributed by atoms with Gasteiger partial charge in [0.25, 0.3) is 0 Å². The summed E-state index contributed by atoms with van der Waals surface area (Å²) in [6.45, 7) is 4.52. The molecule has 0 unspecified atom stereocenters. The topological polar surface area (TPSA) is 95.7 Å². The van der Waals surface area contributed by atoms with E-state index in [-0.39, 0.29) is 13.2 Å². The lowest BCUT2D eigenvalue weighted by molar-refractivity contribution is -0.486. The van der Waals surface area contributed by atoms with Gasteiger partial charge < -0.3 is 9.47 Å². The van der Waals surface area contributed by atoms with Crippen LogP contribution in [0.15, 0.2) is 24.3 Å². The molecule has 7 heteroatoms. The van der Waals surface area contributed by atoms with Gasteiger partial charge in [0.05, 0.1) is 13.2 Å². The van der Waals surface area contributed by atoms with Gasteiger partial charge in [-0.25, -0.2) is 0 Å². The van der Waals surface area contributed by atoms with Crippen LogP contribution in [0.2, 0.25) is 0 Å². The predicted molar refractivity (Wildman–Crippen MR) is 90.2 cm³/mol. The fourth-order valence-corrected chi connectivity index (χ4v) is 2.10. The van der Waals surface area contributed by atoms with Crippen molar-refractivity contribution in [2.45, 2.75) is 20.8 Å². The monoisotopic (exact) mass is 347 g/mol. The molecule has 134 valence electrons. The Balaban J connectivity index is 3.18. The van der Waals surface area contributed by atoms with E-state index in [1.165, 1.54) is 0 Å². The first-order chi connectivity index (χ1) is 11.9. The molecule has 0 saturated carbocycles. The standard InChI is InChI=1S/C18H21NO6/c1-4-24-17(20)16(18(21)25-5-2)15(12-19(22)23)11-10-14-8-6-13(3)7-9-14/h6-9,15-16H,4-5,12H2,1-3H3/t15-/m1/s1. The van der Waals surface area contributed by atoms with Crippen LogP contribution in [-0.2, 0) is 19.1 Å². The van der Waals surface area contributed by atoms with E-state index in [1.54, 1.807) is 26.0 Å². The average molecular weight is 347 g/mol. The molecule has 0 N–H and O–H groups in total. The highest BCUT2D eigenvalue weighted by molar-refractivity contribution is 5.95. The molecule has 1 aromatic rings. The molecule has 0 spiro atoms. The molecule has 25 heavy (non-hydrogen) atoms. The molecule has 7 nitrogen and oxygen atoms in total. The second-order valence-electron chi connectivity index (χ2n) is 5.24. The quantitative estimate of drug-likeness (QED) is 0.246. The molecule has 0 heterocycles. The maximum absolute atomic E-state index is 12.1. The first kappa shape index (κ1) is 20.2. The van der Waals surface area contributed by atoms with Crippen molar-refractivity contribution in [2.24, 2.45) is 11.8 Å². The number of hydrogen-bond donors (Lipinski definition) is 0. The van der Waals surface area contributed by atoms with Crippen LogP contribution in [0, 0.1) is 40.7 Å². The summed E-state index contributed by atoms with van der Waals surface area (Å²) < 4.78 is 9.74. The highest BCUT2D eigenvalue weighted by atomic mass is 16.6. The highest BCUT2D eigenvalue weighted by Gasteiger charge is 2.39. The van der Waals surface area contributed by atoms with Crippen LogP contribution < -0.4 is 0 Å². The van der Waals surface area contributed by atoms with Gasteiger partial charge in [0.15, 0.2) is 5.92 Å². The average Bonchev–Trinajstić information content (AvgIpc) is 2.54. The Morgan fingerprint density at radius 1 is 1.12 bits per heavy atom. The molecule has 0 radical (unpaired) electrons. The van der Waals surface area contributed by atoms with E-state index < -0.39 is 35.2 Å². The van der Waals surface area contributed by atoms with E-state index in [0.29, 0.717) is 5.56 Å². The number of hydrogen-bond acceptors (Lipinski definition) is 6. The van der Waals surface area contributed by atoms with Gasteiger partial charge in [-0.1, -0.05) is 29.5 Å². The predicted octanol–water partition coefficient (Wildman–Crippen LogP) is 1.98. The first-order valence-electron chi connectivity index (χ1n) is 7.92. The minimum atomic E-state index is -1.46. The summed E-state index contributed by atoms with van der Waals surface area (Å²) in [6.07, 6.45) is 0. The van der Waals surface area contributed by atoms with Crippen LogP contribution in [0.5, 0.6) is 0 Å². The number of benzene rings is 1. The zero-order chi connectivity index (χ0) is 18.8. The van der Waals surface area contributed by atoms with Crippen molar-refractivity contribution >= 4 is 11.9 Å². The van der Waals surface area contributed by atoms with E-state index >= 15 is 0 Å². The summed E-state index contributed by atoms with van der Waals surface area (Å²) >= 11 is 0. The number of nitro groups is 1. The van der Waals surface area contributed by atoms with Crippen LogP contribution in [-0.4, -0.2) is 36.6 Å². The summed E-state index contributed by atoms with van der Waals surface area (Å²) in [5.74, 6) is 1.12. The number of carbonyl (C=O) groups excluding carboxylic acids is 2. The third-order valence-electron chi connectivity index (χ3n) is 3.28. The smallest absolute Gasteiger partial charge is 0.321 e. The van der Waals surface area contributed by atoms with Crippen LogP contribution >= 0.6 is 0 Å². The number of rotatable bonds is 7. The minimum Gasteiger partial charge on any atom is -0.465 e. The van der Waals surface area contributed by atoms with E-state index in [1.807, 2.05) is 19.1 Å². The number of carbonyl (C=O) groups is 2. The zero-order valence-corrected chi connectivity index (χ0v) is 14.5. The molecular weight excluding hydrogens is 326 g/mol. The van der Waals surface area contributed by atoms with E-state index in [0.717, 1.165) is 5.56 Å². The number of nitrogens with zero attached hydrogens (tertiary/aromatic N) is 1. The summed E-state index contributed by atoms with van der Waals surface area (Å²) in [7, 11) is 0. The summed E-state index contributed by atoms with van der Waals surface area (Å²) in [5, 5.41) is 11.0. The molecule has 0 aliphatic carbocycles. The van der Waals surface area contributed by atoms with Gasteiger partial charge in [-0.3, -0.25) is 19.7 Å². The Morgan fingerprint density at radius 2 is 1.64 bits per heavy atom. The second kappa shape index (κ2) is 10.1. The van der Waals surface area contributed by atoms with Gasteiger partial charge >= 0.3 is 11.9 Å². The van der Waals surface area contributed by atoms with Gasteiger partial charge in [0, 0.05) is 10.5 Å². The maximum atomic E-state index is 12.1. The van der Waals surface area contributed by atoms with Gasteiger partial charge in [-0.15, -0.1) is 0 Å². The minimum absolute atomic E-state index is 0.0469. The maximum Gasteiger partial charge on any atom is 0.321 e. The zero-order valence-electron chi connectivity index (χ0n) is 14.5. The fourth-order valence-electron chi connectivity index (χ4n) is 2.10. The van der Waals surface area contributed by atoms with Crippen LogP contribution in [0.25, 0.3) is 0 Å². The molecule has 0 bridgehead atoms. The lowest BCUT2D eigenvalue weighted by Crippen LogP contribution is -2.37.